The largest absolute Gasteiger partial charge is 0.396 e. The summed E-state index contributed by atoms with van der Waals surface area (Å²) in [5.41, 5.74) is 0.231. The van der Waals surface area contributed by atoms with Gasteiger partial charge in [-0.15, -0.1) is 0 Å². The fraction of sp³-hybridized carbons (Fsp3) is 0.533. The maximum Gasteiger partial charge on any atom is 0.224 e. The number of rotatable bonds is 5. The number of carbonyl (C=O) groups excluding carboxylic acids is 1. The molecule has 1 aromatic rings. The minimum atomic E-state index is -0.946. The van der Waals surface area contributed by atoms with Gasteiger partial charge < -0.3 is 10.4 Å². The van der Waals surface area contributed by atoms with Gasteiger partial charge in [0.2, 0.25) is 5.91 Å². The highest BCUT2D eigenvalue weighted by Crippen LogP contribution is 2.36. The molecule has 1 aromatic carbocycles. The van der Waals surface area contributed by atoms with Gasteiger partial charge >= 0.3 is 0 Å². The summed E-state index contributed by atoms with van der Waals surface area (Å²) in [5, 5.41) is 12.2. The molecule has 2 rings (SSSR count). The fourth-order valence-electron chi connectivity index (χ4n) is 2.70. The Morgan fingerprint density at radius 1 is 1.25 bits per heavy atom. The highest BCUT2D eigenvalue weighted by molar-refractivity contribution is 5.78. The molecular weight excluding hydrogens is 264 g/mol. The van der Waals surface area contributed by atoms with E-state index in [9.17, 15) is 18.7 Å². The number of hydrogen-bond acceptors (Lipinski definition) is 2. The molecule has 0 heterocycles. The quantitative estimate of drug-likeness (QED) is 0.870. The van der Waals surface area contributed by atoms with Crippen molar-refractivity contribution in [3.05, 3.63) is 35.4 Å². The van der Waals surface area contributed by atoms with E-state index in [1.807, 2.05) is 0 Å². The van der Waals surface area contributed by atoms with E-state index >= 15 is 0 Å². The Hall–Kier alpha value is -1.49. The van der Waals surface area contributed by atoms with E-state index in [4.69, 9.17) is 0 Å². The zero-order valence-electron chi connectivity index (χ0n) is 11.3. The van der Waals surface area contributed by atoms with E-state index < -0.39 is 11.6 Å². The first-order valence-electron chi connectivity index (χ1n) is 6.86. The zero-order valence-corrected chi connectivity index (χ0v) is 11.3. The molecule has 3 nitrogen and oxygen atoms in total. The lowest BCUT2D eigenvalue weighted by Gasteiger charge is -2.26. The SMILES string of the molecule is O=C(Cc1ccc(F)c(F)c1)NCC1(CO)CCCC1. The minimum Gasteiger partial charge on any atom is -0.396 e. The van der Waals surface area contributed by atoms with E-state index in [1.165, 1.54) is 6.07 Å². The fourth-order valence-corrected chi connectivity index (χ4v) is 2.70. The van der Waals surface area contributed by atoms with Gasteiger partial charge in [0.25, 0.3) is 0 Å². The van der Waals surface area contributed by atoms with Gasteiger partial charge in [-0.2, -0.15) is 0 Å². The summed E-state index contributed by atoms with van der Waals surface area (Å²) in [5.74, 6) is -2.10. The van der Waals surface area contributed by atoms with Crippen molar-refractivity contribution in [1.29, 1.82) is 0 Å². The van der Waals surface area contributed by atoms with Crippen LogP contribution in [0.4, 0.5) is 8.78 Å². The Kier molecular flexibility index (Phi) is 4.70. The van der Waals surface area contributed by atoms with Crippen molar-refractivity contribution in [3.8, 4) is 0 Å². The molecule has 1 amide bonds. The number of aliphatic hydroxyl groups excluding tert-OH is 1. The van der Waals surface area contributed by atoms with Crippen LogP contribution in [0, 0.1) is 17.0 Å². The third-order valence-corrected chi connectivity index (χ3v) is 4.01. The Morgan fingerprint density at radius 3 is 2.55 bits per heavy atom. The topological polar surface area (TPSA) is 49.3 Å². The number of aliphatic hydroxyl groups is 1. The summed E-state index contributed by atoms with van der Waals surface area (Å²) in [6, 6.07) is 3.45. The second kappa shape index (κ2) is 6.31. The van der Waals surface area contributed by atoms with Crippen LogP contribution >= 0.6 is 0 Å². The Morgan fingerprint density at radius 2 is 1.95 bits per heavy atom. The van der Waals surface area contributed by atoms with Crippen molar-refractivity contribution in [2.24, 2.45) is 5.41 Å². The number of halogens is 2. The van der Waals surface area contributed by atoms with Crippen molar-refractivity contribution >= 4 is 5.91 Å². The summed E-state index contributed by atoms with van der Waals surface area (Å²) in [6.07, 6.45) is 3.97. The molecule has 1 aliphatic rings. The van der Waals surface area contributed by atoms with Crippen LogP contribution in [0.3, 0.4) is 0 Å². The molecule has 110 valence electrons. The van der Waals surface area contributed by atoms with Crippen LogP contribution in [0.25, 0.3) is 0 Å². The van der Waals surface area contributed by atoms with Crippen molar-refractivity contribution in [1.82, 2.24) is 5.32 Å². The van der Waals surface area contributed by atoms with Gasteiger partial charge in [-0.3, -0.25) is 4.79 Å². The Bertz CT molecular complexity index is 485. The molecule has 0 aliphatic heterocycles. The lowest BCUT2D eigenvalue weighted by atomic mass is 9.87. The Balaban J connectivity index is 1.87. The molecule has 1 saturated carbocycles. The minimum absolute atomic E-state index is 0.0126. The van der Waals surface area contributed by atoms with Gasteiger partial charge in [-0.25, -0.2) is 8.78 Å². The lowest BCUT2D eigenvalue weighted by molar-refractivity contribution is -0.121. The van der Waals surface area contributed by atoms with Gasteiger partial charge in [0.05, 0.1) is 13.0 Å². The second-order valence-corrected chi connectivity index (χ2v) is 5.57. The number of benzene rings is 1. The van der Waals surface area contributed by atoms with Crippen molar-refractivity contribution in [3.63, 3.8) is 0 Å². The van der Waals surface area contributed by atoms with E-state index in [0.717, 1.165) is 37.8 Å². The van der Waals surface area contributed by atoms with Gasteiger partial charge in [0.1, 0.15) is 0 Å². The molecule has 0 aromatic heterocycles. The van der Waals surface area contributed by atoms with Gasteiger partial charge in [0, 0.05) is 12.0 Å². The highest BCUT2D eigenvalue weighted by Gasteiger charge is 2.33. The smallest absolute Gasteiger partial charge is 0.224 e. The molecule has 20 heavy (non-hydrogen) atoms. The summed E-state index contributed by atoms with van der Waals surface area (Å²) in [7, 11) is 0. The maximum absolute atomic E-state index is 13.0. The average molecular weight is 283 g/mol. The van der Waals surface area contributed by atoms with Crippen LogP contribution in [-0.2, 0) is 11.2 Å². The molecule has 1 fully saturated rings. The van der Waals surface area contributed by atoms with Crippen LogP contribution in [0.15, 0.2) is 18.2 Å². The first-order valence-corrected chi connectivity index (χ1v) is 6.86. The second-order valence-electron chi connectivity index (χ2n) is 5.57. The predicted molar refractivity (Wildman–Crippen MR) is 71.1 cm³/mol. The third kappa shape index (κ3) is 3.54. The van der Waals surface area contributed by atoms with E-state index in [1.54, 1.807) is 0 Å². The average Bonchev–Trinajstić information content (AvgIpc) is 2.90. The number of amides is 1. The highest BCUT2D eigenvalue weighted by atomic mass is 19.2. The maximum atomic E-state index is 13.0. The molecular formula is C15H19F2NO2. The summed E-state index contributed by atoms with van der Waals surface area (Å²) in [6.45, 7) is 0.504. The molecule has 0 radical (unpaired) electrons. The zero-order chi connectivity index (χ0) is 14.6. The number of carbonyl (C=O) groups is 1. The van der Waals surface area contributed by atoms with Crippen molar-refractivity contribution in [2.45, 2.75) is 32.1 Å². The third-order valence-electron chi connectivity index (χ3n) is 4.01. The van der Waals surface area contributed by atoms with Crippen LogP contribution in [0.1, 0.15) is 31.2 Å². The predicted octanol–water partition coefficient (Wildman–Crippen LogP) is 2.18. The summed E-state index contributed by atoms with van der Waals surface area (Å²) < 4.78 is 25.8. The molecule has 1 aliphatic carbocycles. The van der Waals surface area contributed by atoms with E-state index in [-0.39, 0.29) is 24.3 Å². The lowest BCUT2D eigenvalue weighted by Crippen LogP contribution is -2.38. The molecule has 0 unspecified atom stereocenters. The van der Waals surface area contributed by atoms with Crippen LogP contribution in [0.2, 0.25) is 0 Å². The van der Waals surface area contributed by atoms with Gasteiger partial charge in [0.15, 0.2) is 11.6 Å². The number of nitrogens with one attached hydrogen (secondary N) is 1. The first-order chi connectivity index (χ1) is 9.54. The first kappa shape index (κ1) is 14.9. The monoisotopic (exact) mass is 283 g/mol. The van der Waals surface area contributed by atoms with E-state index in [2.05, 4.69) is 5.32 Å². The summed E-state index contributed by atoms with van der Waals surface area (Å²) in [4.78, 5) is 11.8. The molecule has 0 saturated heterocycles. The van der Waals surface area contributed by atoms with E-state index in [0.29, 0.717) is 12.1 Å². The van der Waals surface area contributed by atoms with Crippen LogP contribution < -0.4 is 5.32 Å². The molecule has 5 heteroatoms. The standard InChI is InChI=1S/C15H19F2NO2/c16-12-4-3-11(7-13(12)17)8-14(20)18-9-15(10-19)5-1-2-6-15/h3-4,7,19H,1-2,5-6,8-10H2,(H,18,20). The van der Waals surface area contributed by atoms with Gasteiger partial charge in [-0.05, 0) is 30.5 Å². The molecule has 0 spiro atoms. The van der Waals surface area contributed by atoms with Crippen molar-refractivity contribution in [2.75, 3.05) is 13.2 Å². The molecule has 0 atom stereocenters. The molecule has 2 N–H and O–H groups in total. The van der Waals surface area contributed by atoms with Gasteiger partial charge in [-0.1, -0.05) is 18.9 Å². The Labute approximate surface area is 117 Å². The van der Waals surface area contributed by atoms with Crippen molar-refractivity contribution < 1.29 is 18.7 Å². The molecule has 0 bridgehead atoms. The number of hydrogen-bond donors (Lipinski definition) is 2. The summed E-state index contributed by atoms with van der Waals surface area (Å²) >= 11 is 0. The van der Waals surface area contributed by atoms with Crippen LogP contribution in [0.5, 0.6) is 0 Å². The normalized spacial score (nSPS) is 17.1. The van der Waals surface area contributed by atoms with Crippen LogP contribution in [-0.4, -0.2) is 24.2 Å².